The summed E-state index contributed by atoms with van der Waals surface area (Å²) in [4.78, 5) is 34.7. The fourth-order valence-corrected chi connectivity index (χ4v) is 2.37. The Labute approximate surface area is 153 Å². The topological polar surface area (TPSA) is 72.5 Å². The Morgan fingerprint density at radius 1 is 1.04 bits per heavy atom. The maximum atomic E-state index is 12.3. The average Bonchev–Trinajstić information content (AvgIpc) is 2.61. The van der Waals surface area contributed by atoms with Crippen molar-refractivity contribution in [2.24, 2.45) is 0 Å². The lowest BCUT2D eigenvalue weighted by Crippen LogP contribution is -2.30. The number of ether oxygens (including phenoxy) is 1. The van der Waals surface area contributed by atoms with Crippen molar-refractivity contribution in [1.82, 2.24) is 0 Å². The highest BCUT2D eigenvalue weighted by molar-refractivity contribution is 5.98. The van der Waals surface area contributed by atoms with Gasteiger partial charge in [0.25, 0.3) is 5.91 Å². The molecular weight excluding hydrogens is 330 g/mol. The second kappa shape index (κ2) is 8.94. The summed E-state index contributed by atoms with van der Waals surface area (Å²) in [7, 11) is 0. The average molecular weight is 353 g/mol. The van der Waals surface area contributed by atoms with Crippen LogP contribution in [-0.4, -0.2) is 23.6 Å². The van der Waals surface area contributed by atoms with E-state index < -0.39 is 6.10 Å². The zero-order valence-electron chi connectivity index (χ0n) is 15.2. The zero-order valence-corrected chi connectivity index (χ0v) is 15.2. The molecule has 2 aromatic rings. The lowest BCUT2D eigenvalue weighted by atomic mass is 10.1. The molecule has 5 heteroatoms. The molecule has 0 spiro atoms. The number of nitrogens with one attached hydrogen (secondary N) is 1. The SMILES string of the molecule is CC(=O)CCc1ccc(O[C@@H](C)C(=O)Nc2cccc(C(C)=O)c2)cc1. The van der Waals surface area contributed by atoms with Gasteiger partial charge in [-0.3, -0.25) is 9.59 Å². The summed E-state index contributed by atoms with van der Waals surface area (Å²) in [5, 5.41) is 2.75. The third kappa shape index (κ3) is 5.84. The predicted molar refractivity (Wildman–Crippen MR) is 101 cm³/mol. The molecule has 0 unspecified atom stereocenters. The van der Waals surface area contributed by atoms with Gasteiger partial charge in [0.1, 0.15) is 11.5 Å². The van der Waals surface area contributed by atoms with Gasteiger partial charge in [-0.1, -0.05) is 24.3 Å². The largest absolute Gasteiger partial charge is 0.481 e. The summed E-state index contributed by atoms with van der Waals surface area (Å²) in [6.07, 6.45) is 0.510. The van der Waals surface area contributed by atoms with Crippen molar-refractivity contribution in [2.45, 2.75) is 39.7 Å². The van der Waals surface area contributed by atoms with Crippen LogP contribution in [0, 0.1) is 0 Å². The van der Waals surface area contributed by atoms with E-state index in [1.54, 1.807) is 50.2 Å². The van der Waals surface area contributed by atoms with Crippen LogP contribution in [0.5, 0.6) is 5.75 Å². The first-order chi connectivity index (χ1) is 12.3. The first kappa shape index (κ1) is 19.4. The molecule has 136 valence electrons. The standard InChI is InChI=1S/C21H23NO4/c1-14(23)7-8-17-9-11-20(12-10-17)26-16(3)21(25)22-19-6-4-5-18(13-19)15(2)24/h4-6,9-13,16H,7-8H2,1-3H3,(H,22,25)/t16-/m0/s1. The number of benzene rings is 2. The maximum absolute atomic E-state index is 12.3. The van der Waals surface area contributed by atoms with Crippen molar-refractivity contribution in [3.8, 4) is 5.75 Å². The van der Waals surface area contributed by atoms with Gasteiger partial charge in [0.15, 0.2) is 11.9 Å². The molecule has 26 heavy (non-hydrogen) atoms. The van der Waals surface area contributed by atoms with Gasteiger partial charge in [-0.15, -0.1) is 0 Å². The van der Waals surface area contributed by atoms with Crippen LogP contribution in [0.2, 0.25) is 0 Å². The Morgan fingerprint density at radius 3 is 2.35 bits per heavy atom. The van der Waals surface area contributed by atoms with E-state index in [4.69, 9.17) is 4.74 Å². The quantitative estimate of drug-likeness (QED) is 0.732. The van der Waals surface area contributed by atoms with Crippen LogP contribution in [0.25, 0.3) is 0 Å². The highest BCUT2D eigenvalue weighted by Gasteiger charge is 2.15. The monoisotopic (exact) mass is 353 g/mol. The van der Waals surface area contributed by atoms with E-state index in [0.717, 1.165) is 5.56 Å². The Hall–Kier alpha value is -2.95. The highest BCUT2D eigenvalue weighted by atomic mass is 16.5. The summed E-state index contributed by atoms with van der Waals surface area (Å²) in [5.41, 5.74) is 2.14. The number of rotatable bonds is 8. The fraction of sp³-hybridized carbons (Fsp3) is 0.286. The number of carbonyl (C=O) groups is 3. The van der Waals surface area contributed by atoms with E-state index in [2.05, 4.69) is 5.32 Å². The molecule has 1 N–H and O–H groups in total. The van der Waals surface area contributed by atoms with Crippen molar-refractivity contribution >= 4 is 23.2 Å². The second-order valence-electron chi connectivity index (χ2n) is 6.23. The van der Waals surface area contributed by atoms with Gasteiger partial charge in [-0.25, -0.2) is 0 Å². The normalized spacial score (nSPS) is 11.5. The van der Waals surface area contributed by atoms with E-state index in [9.17, 15) is 14.4 Å². The molecule has 5 nitrogen and oxygen atoms in total. The minimum Gasteiger partial charge on any atom is -0.481 e. The Kier molecular flexibility index (Phi) is 6.67. The number of amides is 1. The lowest BCUT2D eigenvalue weighted by molar-refractivity contribution is -0.122. The van der Waals surface area contributed by atoms with Crippen LogP contribution in [0.4, 0.5) is 5.69 Å². The molecule has 0 aliphatic rings. The Balaban J connectivity index is 1.93. The van der Waals surface area contributed by atoms with Crippen molar-refractivity contribution in [3.05, 3.63) is 59.7 Å². The van der Waals surface area contributed by atoms with Gasteiger partial charge in [0.05, 0.1) is 0 Å². The second-order valence-corrected chi connectivity index (χ2v) is 6.23. The molecule has 0 aliphatic heterocycles. The van der Waals surface area contributed by atoms with Gasteiger partial charge >= 0.3 is 0 Å². The van der Waals surface area contributed by atoms with Gasteiger partial charge in [-0.2, -0.15) is 0 Å². The molecular formula is C21H23NO4. The molecule has 2 rings (SSSR count). The number of Topliss-reactive ketones (excluding diaryl/α,β-unsaturated/α-hetero) is 2. The summed E-state index contributed by atoms with van der Waals surface area (Å²) < 4.78 is 5.66. The van der Waals surface area contributed by atoms with Crippen molar-refractivity contribution < 1.29 is 19.1 Å². The van der Waals surface area contributed by atoms with Crippen molar-refractivity contribution in [3.63, 3.8) is 0 Å². The van der Waals surface area contributed by atoms with Gasteiger partial charge < -0.3 is 14.8 Å². The van der Waals surface area contributed by atoms with Crippen LogP contribution in [0.15, 0.2) is 48.5 Å². The molecule has 0 bridgehead atoms. The summed E-state index contributed by atoms with van der Waals surface area (Å²) in [5.74, 6) is 0.378. The molecule has 2 aromatic carbocycles. The van der Waals surface area contributed by atoms with Crippen molar-refractivity contribution in [1.29, 1.82) is 0 Å². The number of carbonyl (C=O) groups excluding carboxylic acids is 3. The first-order valence-electron chi connectivity index (χ1n) is 8.52. The van der Waals surface area contributed by atoms with Gasteiger partial charge in [0, 0.05) is 17.7 Å². The summed E-state index contributed by atoms with van der Waals surface area (Å²) in [6.45, 7) is 4.71. The molecule has 1 amide bonds. The molecule has 0 heterocycles. The smallest absolute Gasteiger partial charge is 0.265 e. The summed E-state index contributed by atoms with van der Waals surface area (Å²) >= 11 is 0. The number of ketones is 2. The first-order valence-corrected chi connectivity index (χ1v) is 8.52. The Bertz CT molecular complexity index is 796. The number of hydrogen-bond donors (Lipinski definition) is 1. The molecule has 0 fully saturated rings. The molecule has 0 radical (unpaired) electrons. The molecule has 0 aromatic heterocycles. The minimum atomic E-state index is -0.695. The van der Waals surface area contributed by atoms with Crippen LogP contribution in [0.1, 0.15) is 43.1 Å². The van der Waals surface area contributed by atoms with Gasteiger partial charge in [-0.05, 0) is 57.0 Å². The highest BCUT2D eigenvalue weighted by Crippen LogP contribution is 2.17. The molecule has 0 aliphatic carbocycles. The minimum absolute atomic E-state index is 0.0599. The third-order valence-corrected chi connectivity index (χ3v) is 3.91. The number of hydrogen-bond acceptors (Lipinski definition) is 4. The van der Waals surface area contributed by atoms with E-state index >= 15 is 0 Å². The van der Waals surface area contributed by atoms with Crippen LogP contribution >= 0.6 is 0 Å². The molecule has 1 atom stereocenters. The predicted octanol–water partition coefficient (Wildman–Crippen LogP) is 3.82. The van der Waals surface area contributed by atoms with E-state index in [1.807, 2.05) is 12.1 Å². The van der Waals surface area contributed by atoms with Crippen molar-refractivity contribution in [2.75, 3.05) is 5.32 Å². The van der Waals surface area contributed by atoms with Crippen LogP contribution < -0.4 is 10.1 Å². The fourth-order valence-electron chi connectivity index (χ4n) is 2.37. The van der Waals surface area contributed by atoms with Gasteiger partial charge in [0.2, 0.25) is 0 Å². The van der Waals surface area contributed by atoms with E-state index in [0.29, 0.717) is 29.8 Å². The Morgan fingerprint density at radius 2 is 1.73 bits per heavy atom. The summed E-state index contributed by atoms with van der Waals surface area (Å²) in [6, 6.07) is 14.1. The third-order valence-electron chi connectivity index (χ3n) is 3.91. The molecule has 0 saturated heterocycles. The lowest BCUT2D eigenvalue weighted by Gasteiger charge is -2.15. The zero-order chi connectivity index (χ0) is 19.1. The van der Waals surface area contributed by atoms with E-state index in [1.165, 1.54) is 6.92 Å². The van der Waals surface area contributed by atoms with Crippen LogP contribution in [-0.2, 0) is 16.0 Å². The van der Waals surface area contributed by atoms with Crippen LogP contribution in [0.3, 0.4) is 0 Å². The maximum Gasteiger partial charge on any atom is 0.265 e. The van der Waals surface area contributed by atoms with E-state index in [-0.39, 0.29) is 17.5 Å². The number of anilines is 1. The molecule has 0 saturated carbocycles. The number of aryl methyl sites for hydroxylation is 1.